The summed E-state index contributed by atoms with van der Waals surface area (Å²) in [6.45, 7) is 5.52. The number of likely N-dealkylation sites (tertiary alicyclic amines) is 1. The standard InChI is InChI=1S/C18H21N3O3/c1-12-6-7-14(10-13(12)2)21-17(23)15(16(22)19-18(21)24)11-20-8-4-3-5-9-20/h6-7,10-11H,3-5,8-9H2,1-2H3,(H,19,22,24)/b15-11-. The fourth-order valence-corrected chi connectivity index (χ4v) is 2.97. The zero-order chi connectivity index (χ0) is 17.3. The number of piperidine rings is 1. The first-order valence-electron chi connectivity index (χ1n) is 8.20. The van der Waals surface area contributed by atoms with E-state index in [1.807, 2.05) is 24.8 Å². The molecule has 126 valence electrons. The number of carbonyl (C=O) groups is 3. The average Bonchev–Trinajstić information content (AvgIpc) is 2.55. The molecule has 6 heteroatoms. The van der Waals surface area contributed by atoms with Crippen LogP contribution in [0.1, 0.15) is 30.4 Å². The second kappa shape index (κ2) is 6.47. The van der Waals surface area contributed by atoms with Crippen molar-refractivity contribution in [1.29, 1.82) is 0 Å². The van der Waals surface area contributed by atoms with Gasteiger partial charge in [0.1, 0.15) is 5.57 Å². The van der Waals surface area contributed by atoms with E-state index in [4.69, 9.17) is 0 Å². The highest BCUT2D eigenvalue weighted by Crippen LogP contribution is 2.23. The van der Waals surface area contributed by atoms with Crippen LogP contribution in [-0.2, 0) is 9.59 Å². The number of nitrogens with one attached hydrogen (secondary N) is 1. The van der Waals surface area contributed by atoms with E-state index < -0.39 is 17.8 Å². The number of imide groups is 2. The SMILES string of the molecule is Cc1ccc(N2C(=O)NC(=O)/C(=C/N3CCCCC3)C2=O)cc1C. The summed E-state index contributed by atoms with van der Waals surface area (Å²) in [4.78, 5) is 40.1. The van der Waals surface area contributed by atoms with E-state index in [9.17, 15) is 14.4 Å². The molecule has 2 aliphatic heterocycles. The number of rotatable bonds is 2. The number of carbonyl (C=O) groups excluding carboxylic acids is 3. The minimum absolute atomic E-state index is 0.00901. The lowest BCUT2D eigenvalue weighted by Gasteiger charge is -2.30. The van der Waals surface area contributed by atoms with Crippen LogP contribution in [0, 0.1) is 13.8 Å². The van der Waals surface area contributed by atoms with E-state index >= 15 is 0 Å². The molecule has 1 aromatic rings. The van der Waals surface area contributed by atoms with Crippen LogP contribution >= 0.6 is 0 Å². The highest BCUT2D eigenvalue weighted by atomic mass is 16.2. The molecule has 0 radical (unpaired) electrons. The number of barbiturate groups is 1. The Kier molecular flexibility index (Phi) is 4.38. The molecule has 24 heavy (non-hydrogen) atoms. The smallest absolute Gasteiger partial charge is 0.335 e. The summed E-state index contributed by atoms with van der Waals surface area (Å²) in [6, 6.07) is 4.65. The summed E-state index contributed by atoms with van der Waals surface area (Å²) in [7, 11) is 0. The second-order valence-electron chi connectivity index (χ2n) is 6.31. The minimum Gasteiger partial charge on any atom is -0.377 e. The molecule has 4 amide bonds. The Morgan fingerprint density at radius 2 is 1.71 bits per heavy atom. The molecule has 0 bridgehead atoms. The van der Waals surface area contributed by atoms with Crippen LogP contribution in [0.4, 0.5) is 10.5 Å². The van der Waals surface area contributed by atoms with Gasteiger partial charge in [-0.05, 0) is 56.4 Å². The Bertz CT molecular complexity index is 733. The van der Waals surface area contributed by atoms with Gasteiger partial charge in [0.25, 0.3) is 11.8 Å². The van der Waals surface area contributed by atoms with Crippen molar-refractivity contribution in [2.75, 3.05) is 18.0 Å². The Morgan fingerprint density at radius 1 is 1.00 bits per heavy atom. The van der Waals surface area contributed by atoms with Gasteiger partial charge < -0.3 is 4.90 Å². The maximum Gasteiger partial charge on any atom is 0.335 e. The van der Waals surface area contributed by atoms with Crippen molar-refractivity contribution in [2.24, 2.45) is 0 Å². The van der Waals surface area contributed by atoms with E-state index in [0.29, 0.717) is 5.69 Å². The lowest BCUT2D eigenvalue weighted by Crippen LogP contribution is -2.55. The largest absolute Gasteiger partial charge is 0.377 e. The van der Waals surface area contributed by atoms with Crippen molar-refractivity contribution in [3.63, 3.8) is 0 Å². The first-order valence-corrected chi connectivity index (χ1v) is 8.20. The maximum atomic E-state index is 12.8. The fraction of sp³-hybridized carbons (Fsp3) is 0.389. The Balaban J connectivity index is 1.93. The van der Waals surface area contributed by atoms with Crippen LogP contribution in [-0.4, -0.2) is 35.8 Å². The maximum absolute atomic E-state index is 12.8. The second-order valence-corrected chi connectivity index (χ2v) is 6.31. The molecule has 0 spiro atoms. The molecule has 0 saturated carbocycles. The van der Waals surface area contributed by atoms with Crippen LogP contribution in [0.15, 0.2) is 30.0 Å². The van der Waals surface area contributed by atoms with E-state index in [2.05, 4.69) is 5.32 Å². The highest BCUT2D eigenvalue weighted by Gasteiger charge is 2.37. The molecule has 1 N–H and O–H groups in total. The molecule has 2 fully saturated rings. The van der Waals surface area contributed by atoms with Crippen LogP contribution in [0.3, 0.4) is 0 Å². The number of aryl methyl sites for hydroxylation is 2. The predicted octanol–water partition coefficient (Wildman–Crippen LogP) is 2.26. The average molecular weight is 327 g/mol. The quantitative estimate of drug-likeness (QED) is 0.668. The van der Waals surface area contributed by atoms with Crippen molar-refractivity contribution in [2.45, 2.75) is 33.1 Å². The van der Waals surface area contributed by atoms with Gasteiger partial charge in [0.15, 0.2) is 0 Å². The van der Waals surface area contributed by atoms with Gasteiger partial charge in [0.2, 0.25) is 0 Å². The van der Waals surface area contributed by atoms with Crippen LogP contribution < -0.4 is 10.2 Å². The van der Waals surface area contributed by atoms with Crippen molar-refractivity contribution >= 4 is 23.5 Å². The molecule has 0 aliphatic carbocycles. The molecule has 1 aromatic carbocycles. The van der Waals surface area contributed by atoms with Crippen molar-refractivity contribution in [3.05, 3.63) is 41.1 Å². The van der Waals surface area contributed by atoms with E-state index in [1.165, 1.54) is 0 Å². The van der Waals surface area contributed by atoms with Gasteiger partial charge >= 0.3 is 6.03 Å². The van der Waals surface area contributed by atoms with Crippen LogP contribution in [0.25, 0.3) is 0 Å². The molecule has 3 rings (SSSR count). The normalized spacial score (nSPS) is 20.6. The minimum atomic E-state index is -0.705. The highest BCUT2D eigenvalue weighted by molar-refractivity contribution is 6.37. The van der Waals surface area contributed by atoms with E-state index in [0.717, 1.165) is 48.4 Å². The van der Waals surface area contributed by atoms with Crippen LogP contribution in [0.5, 0.6) is 0 Å². The summed E-state index contributed by atoms with van der Waals surface area (Å²) in [5.74, 6) is -1.20. The van der Waals surface area contributed by atoms with Crippen LogP contribution in [0.2, 0.25) is 0 Å². The van der Waals surface area contributed by atoms with Crippen molar-refractivity contribution < 1.29 is 14.4 Å². The van der Waals surface area contributed by atoms with Gasteiger partial charge in [-0.15, -0.1) is 0 Å². The number of nitrogens with zero attached hydrogens (tertiary/aromatic N) is 2. The van der Waals surface area contributed by atoms with Gasteiger partial charge in [-0.2, -0.15) is 0 Å². The third-order valence-electron chi connectivity index (χ3n) is 4.55. The first kappa shape index (κ1) is 16.2. The molecule has 2 saturated heterocycles. The van der Waals surface area contributed by atoms with Crippen molar-refractivity contribution in [3.8, 4) is 0 Å². The zero-order valence-electron chi connectivity index (χ0n) is 14.0. The summed E-state index contributed by atoms with van der Waals surface area (Å²) in [6.07, 6.45) is 4.84. The van der Waals surface area contributed by atoms with Gasteiger partial charge in [0.05, 0.1) is 5.69 Å². The van der Waals surface area contributed by atoms with E-state index in [1.54, 1.807) is 18.3 Å². The number of anilines is 1. The monoisotopic (exact) mass is 327 g/mol. The Labute approximate surface area is 141 Å². The van der Waals surface area contributed by atoms with Gasteiger partial charge in [-0.25, -0.2) is 9.69 Å². The molecular weight excluding hydrogens is 306 g/mol. The topological polar surface area (TPSA) is 69.7 Å². The molecule has 2 aliphatic rings. The third-order valence-corrected chi connectivity index (χ3v) is 4.55. The summed E-state index contributed by atoms with van der Waals surface area (Å²) >= 11 is 0. The number of hydrogen-bond acceptors (Lipinski definition) is 4. The fourth-order valence-electron chi connectivity index (χ4n) is 2.97. The Hall–Kier alpha value is -2.63. The van der Waals surface area contributed by atoms with E-state index in [-0.39, 0.29) is 5.57 Å². The van der Waals surface area contributed by atoms with Gasteiger partial charge in [0, 0.05) is 19.3 Å². The molecule has 0 aromatic heterocycles. The van der Waals surface area contributed by atoms with Crippen molar-refractivity contribution in [1.82, 2.24) is 10.2 Å². The number of amides is 4. The predicted molar refractivity (Wildman–Crippen MR) is 90.4 cm³/mol. The summed E-state index contributed by atoms with van der Waals surface area (Å²) in [5, 5.41) is 2.26. The first-order chi connectivity index (χ1) is 11.5. The molecule has 0 unspecified atom stereocenters. The molecular formula is C18H21N3O3. The summed E-state index contributed by atoms with van der Waals surface area (Å²) in [5.41, 5.74) is 2.53. The summed E-state index contributed by atoms with van der Waals surface area (Å²) < 4.78 is 0. The Morgan fingerprint density at radius 3 is 2.38 bits per heavy atom. The lowest BCUT2D eigenvalue weighted by molar-refractivity contribution is -0.122. The number of benzene rings is 1. The third kappa shape index (κ3) is 3.04. The molecule has 6 nitrogen and oxygen atoms in total. The van der Waals surface area contributed by atoms with Gasteiger partial charge in [-0.3, -0.25) is 14.9 Å². The number of hydrogen-bond donors (Lipinski definition) is 1. The molecule has 2 heterocycles. The number of urea groups is 1. The molecule has 0 atom stereocenters. The zero-order valence-corrected chi connectivity index (χ0v) is 14.0. The lowest BCUT2D eigenvalue weighted by atomic mass is 10.1. The van der Waals surface area contributed by atoms with Gasteiger partial charge in [-0.1, -0.05) is 6.07 Å².